The number of nitrogens with zero attached hydrogens (tertiary/aromatic N) is 3. The van der Waals surface area contributed by atoms with E-state index in [1.54, 1.807) is 6.92 Å². The SMILES string of the molecule is CCCCCCNC(=O)Cn1nc([N+](=O)[O-])c(Br)c1C. The van der Waals surface area contributed by atoms with E-state index in [0.29, 0.717) is 16.7 Å². The van der Waals surface area contributed by atoms with Crippen LogP contribution in [0.5, 0.6) is 0 Å². The summed E-state index contributed by atoms with van der Waals surface area (Å²) in [4.78, 5) is 21.9. The largest absolute Gasteiger partial charge is 0.404 e. The van der Waals surface area contributed by atoms with Crippen LogP contribution in [0.3, 0.4) is 0 Å². The van der Waals surface area contributed by atoms with Gasteiger partial charge in [0.25, 0.3) is 0 Å². The van der Waals surface area contributed by atoms with Crippen molar-refractivity contribution in [1.29, 1.82) is 0 Å². The quantitative estimate of drug-likeness (QED) is 0.445. The Bertz CT molecular complexity index is 487. The summed E-state index contributed by atoms with van der Waals surface area (Å²) in [6.45, 7) is 4.43. The fourth-order valence-electron chi connectivity index (χ4n) is 1.75. The molecule has 0 spiro atoms. The number of nitro groups is 1. The number of hydrogen-bond acceptors (Lipinski definition) is 4. The van der Waals surface area contributed by atoms with E-state index in [-0.39, 0.29) is 18.3 Å². The summed E-state index contributed by atoms with van der Waals surface area (Å²) in [7, 11) is 0. The normalized spacial score (nSPS) is 10.6. The van der Waals surface area contributed by atoms with E-state index in [9.17, 15) is 14.9 Å². The third-order valence-corrected chi connectivity index (χ3v) is 3.86. The van der Waals surface area contributed by atoms with Crippen LogP contribution >= 0.6 is 15.9 Å². The predicted molar refractivity (Wildman–Crippen MR) is 78.5 cm³/mol. The first kappa shape index (κ1) is 16.6. The van der Waals surface area contributed by atoms with E-state index in [0.717, 1.165) is 25.7 Å². The Labute approximate surface area is 126 Å². The molecule has 0 saturated heterocycles. The van der Waals surface area contributed by atoms with Crippen molar-refractivity contribution in [3.05, 3.63) is 20.3 Å². The fourth-order valence-corrected chi connectivity index (χ4v) is 2.18. The second kappa shape index (κ2) is 7.98. The van der Waals surface area contributed by atoms with Gasteiger partial charge in [-0.25, -0.2) is 0 Å². The van der Waals surface area contributed by atoms with Crippen molar-refractivity contribution in [3.8, 4) is 0 Å². The summed E-state index contributed by atoms with van der Waals surface area (Å²) < 4.78 is 1.65. The van der Waals surface area contributed by atoms with E-state index in [2.05, 4.69) is 33.3 Å². The highest BCUT2D eigenvalue weighted by atomic mass is 79.9. The lowest BCUT2D eigenvalue weighted by atomic mass is 10.2. The van der Waals surface area contributed by atoms with E-state index >= 15 is 0 Å². The van der Waals surface area contributed by atoms with Gasteiger partial charge in [-0.15, -0.1) is 0 Å². The lowest BCUT2D eigenvalue weighted by Gasteiger charge is -2.04. The molecule has 0 aliphatic rings. The van der Waals surface area contributed by atoms with Crippen LogP contribution in [-0.2, 0) is 11.3 Å². The van der Waals surface area contributed by atoms with Gasteiger partial charge in [-0.05, 0) is 34.2 Å². The molecule has 0 fully saturated rings. The summed E-state index contributed by atoms with van der Waals surface area (Å²) in [6.07, 6.45) is 4.35. The van der Waals surface area contributed by atoms with Crippen LogP contribution in [0.25, 0.3) is 0 Å². The molecule has 0 aliphatic heterocycles. The Balaban J connectivity index is 2.50. The molecule has 0 aliphatic carbocycles. The highest BCUT2D eigenvalue weighted by Crippen LogP contribution is 2.26. The zero-order valence-electron chi connectivity index (χ0n) is 11.7. The second-order valence-electron chi connectivity index (χ2n) is 4.55. The maximum Gasteiger partial charge on any atom is 0.404 e. The van der Waals surface area contributed by atoms with E-state index in [4.69, 9.17) is 0 Å². The van der Waals surface area contributed by atoms with Gasteiger partial charge in [-0.3, -0.25) is 4.79 Å². The second-order valence-corrected chi connectivity index (χ2v) is 5.34. The first-order chi connectivity index (χ1) is 9.47. The number of unbranched alkanes of at least 4 members (excludes halogenated alkanes) is 3. The maximum absolute atomic E-state index is 11.7. The zero-order chi connectivity index (χ0) is 15.1. The van der Waals surface area contributed by atoms with Crippen molar-refractivity contribution < 1.29 is 9.72 Å². The lowest BCUT2D eigenvalue weighted by Crippen LogP contribution is -2.29. The van der Waals surface area contributed by atoms with Crippen molar-refractivity contribution >= 4 is 27.7 Å². The lowest BCUT2D eigenvalue weighted by molar-refractivity contribution is -0.390. The molecule has 1 rings (SSSR count). The summed E-state index contributed by atoms with van der Waals surface area (Å²) >= 11 is 3.12. The zero-order valence-corrected chi connectivity index (χ0v) is 13.3. The molecule has 1 heterocycles. The van der Waals surface area contributed by atoms with Gasteiger partial charge in [-0.2, -0.15) is 4.68 Å². The number of amides is 1. The Kier molecular flexibility index (Phi) is 6.63. The highest BCUT2D eigenvalue weighted by Gasteiger charge is 2.24. The molecule has 0 saturated carbocycles. The molecule has 112 valence electrons. The number of rotatable bonds is 8. The standard InChI is InChI=1S/C12H19BrN4O3/c1-3-4-5-6-7-14-10(18)8-16-9(2)11(13)12(15-16)17(19)20/h3-8H2,1-2H3,(H,14,18). The number of halogens is 1. The maximum atomic E-state index is 11.7. The molecule has 1 amide bonds. The molecule has 20 heavy (non-hydrogen) atoms. The summed E-state index contributed by atoms with van der Waals surface area (Å²) in [5.74, 6) is -0.451. The van der Waals surface area contributed by atoms with E-state index in [1.807, 2.05) is 0 Å². The number of carbonyl (C=O) groups is 1. The van der Waals surface area contributed by atoms with Crippen LogP contribution < -0.4 is 5.32 Å². The molecule has 0 unspecified atom stereocenters. The van der Waals surface area contributed by atoms with Gasteiger partial charge in [-0.1, -0.05) is 26.2 Å². The molecule has 7 nitrogen and oxygen atoms in total. The Morgan fingerprint density at radius 3 is 2.70 bits per heavy atom. The average molecular weight is 347 g/mol. The van der Waals surface area contributed by atoms with Gasteiger partial charge in [0.2, 0.25) is 5.91 Å². The van der Waals surface area contributed by atoms with E-state index < -0.39 is 4.92 Å². The Morgan fingerprint density at radius 1 is 1.45 bits per heavy atom. The summed E-state index contributed by atoms with van der Waals surface area (Å²) in [5.41, 5.74) is 0.567. The molecule has 8 heteroatoms. The number of carbonyl (C=O) groups excluding carboxylic acids is 1. The molecule has 1 aromatic rings. The van der Waals surface area contributed by atoms with Crippen molar-refractivity contribution in [3.63, 3.8) is 0 Å². The number of aromatic nitrogens is 2. The molecular weight excluding hydrogens is 328 g/mol. The van der Waals surface area contributed by atoms with Crippen LogP contribution in [0.2, 0.25) is 0 Å². The first-order valence-electron chi connectivity index (χ1n) is 6.61. The molecule has 1 N–H and O–H groups in total. The van der Waals surface area contributed by atoms with Crippen molar-refractivity contribution in [2.75, 3.05) is 6.54 Å². The topological polar surface area (TPSA) is 90.1 Å². The average Bonchev–Trinajstić information content (AvgIpc) is 2.67. The van der Waals surface area contributed by atoms with Gasteiger partial charge in [0.15, 0.2) is 0 Å². The third-order valence-electron chi connectivity index (χ3n) is 2.94. The van der Waals surface area contributed by atoms with Crippen molar-refractivity contribution in [2.24, 2.45) is 0 Å². The highest BCUT2D eigenvalue weighted by molar-refractivity contribution is 9.10. The molecule has 0 aromatic carbocycles. The third kappa shape index (κ3) is 4.59. The van der Waals surface area contributed by atoms with Gasteiger partial charge < -0.3 is 15.4 Å². The van der Waals surface area contributed by atoms with Crippen LogP contribution in [0.4, 0.5) is 5.82 Å². The minimum atomic E-state index is -0.573. The summed E-state index contributed by atoms with van der Waals surface area (Å²) in [5, 5.41) is 17.4. The number of hydrogen-bond donors (Lipinski definition) is 1. The minimum absolute atomic E-state index is 0.00789. The molecular formula is C12H19BrN4O3. The number of nitrogens with one attached hydrogen (secondary N) is 1. The smallest absolute Gasteiger partial charge is 0.358 e. The van der Waals surface area contributed by atoms with Crippen molar-refractivity contribution in [1.82, 2.24) is 15.1 Å². The first-order valence-corrected chi connectivity index (χ1v) is 7.40. The van der Waals surface area contributed by atoms with Gasteiger partial charge >= 0.3 is 5.82 Å². The van der Waals surface area contributed by atoms with Crippen LogP contribution in [0.15, 0.2) is 4.47 Å². The molecule has 0 radical (unpaired) electrons. The van der Waals surface area contributed by atoms with Crippen LogP contribution in [0.1, 0.15) is 38.3 Å². The van der Waals surface area contributed by atoms with Gasteiger partial charge in [0.1, 0.15) is 11.0 Å². The van der Waals surface area contributed by atoms with E-state index in [1.165, 1.54) is 4.68 Å². The van der Waals surface area contributed by atoms with Gasteiger partial charge in [0, 0.05) is 6.54 Å². The molecule has 1 aromatic heterocycles. The van der Waals surface area contributed by atoms with Crippen molar-refractivity contribution in [2.45, 2.75) is 46.1 Å². The minimum Gasteiger partial charge on any atom is -0.358 e. The monoisotopic (exact) mass is 346 g/mol. The Morgan fingerprint density at radius 2 is 2.15 bits per heavy atom. The fraction of sp³-hybridized carbons (Fsp3) is 0.667. The van der Waals surface area contributed by atoms with Gasteiger partial charge in [0.05, 0.1) is 10.8 Å². The molecule has 0 atom stereocenters. The Hall–Kier alpha value is -1.44. The summed E-state index contributed by atoms with van der Waals surface area (Å²) in [6, 6.07) is 0. The van der Waals surface area contributed by atoms with Crippen LogP contribution in [0, 0.1) is 17.0 Å². The predicted octanol–water partition coefficient (Wildman–Crippen LogP) is 2.56. The van der Waals surface area contributed by atoms with Crippen LogP contribution in [-0.4, -0.2) is 27.2 Å². The molecule has 0 bridgehead atoms.